The summed E-state index contributed by atoms with van der Waals surface area (Å²) >= 11 is 9.64. The predicted octanol–water partition coefficient (Wildman–Crippen LogP) is 4.30. The lowest BCUT2D eigenvalue weighted by Crippen LogP contribution is -1.69. The van der Waals surface area contributed by atoms with Gasteiger partial charge in [0.25, 0.3) is 0 Å². The second-order valence-corrected chi connectivity index (χ2v) is 4.40. The molecule has 2 rings (SSSR count). The van der Waals surface area contributed by atoms with Crippen molar-refractivity contribution in [3.8, 4) is 9.85 Å². The molecule has 0 spiro atoms. The van der Waals surface area contributed by atoms with Crippen molar-refractivity contribution in [2.24, 2.45) is 0 Å². The van der Waals surface area contributed by atoms with E-state index in [4.69, 9.17) is 11.6 Å². The van der Waals surface area contributed by atoms with Crippen LogP contribution in [0.5, 0.6) is 0 Å². The standard InChI is InChI=1S/C10H4ClIS/c11-8-1-2-10-9(5-8)7(3-4-12)6-13-10/h1-2,5-6H. The molecule has 0 unspecified atom stereocenters. The molecule has 0 amide bonds. The molecule has 1 aromatic carbocycles. The van der Waals surface area contributed by atoms with Crippen LogP contribution in [-0.2, 0) is 0 Å². The Balaban J connectivity index is 2.76. The Bertz CT molecular complexity index is 504. The average molecular weight is 319 g/mol. The van der Waals surface area contributed by atoms with E-state index in [1.807, 2.05) is 40.8 Å². The van der Waals surface area contributed by atoms with Crippen molar-refractivity contribution >= 4 is 55.6 Å². The van der Waals surface area contributed by atoms with Crippen LogP contribution in [0, 0.1) is 9.85 Å². The fourth-order valence-corrected chi connectivity index (χ4v) is 2.48. The van der Waals surface area contributed by atoms with Gasteiger partial charge in [-0.1, -0.05) is 17.5 Å². The van der Waals surface area contributed by atoms with Crippen LogP contribution in [0.4, 0.5) is 0 Å². The highest BCUT2D eigenvalue weighted by Crippen LogP contribution is 2.27. The molecule has 2 aromatic rings. The van der Waals surface area contributed by atoms with Crippen LogP contribution in [0.1, 0.15) is 5.56 Å². The zero-order valence-corrected chi connectivity index (χ0v) is 10.2. The molecule has 64 valence electrons. The van der Waals surface area contributed by atoms with Gasteiger partial charge in [-0.15, -0.1) is 11.3 Å². The third-order valence-corrected chi connectivity index (χ3v) is 3.19. The Morgan fingerprint density at radius 3 is 3.00 bits per heavy atom. The molecule has 0 fully saturated rings. The highest BCUT2D eigenvalue weighted by atomic mass is 127. The Hall–Kier alpha value is -0.240. The molecule has 13 heavy (non-hydrogen) atoms. The van der Waals surface area contributed by atoms with Crippen LogP contribution in [0.3, 0.4) is 0 Å². The van der Waals surface area contributed by atoms with Gasteiger partial charge < -0.3 is 0 Å². The van der Waals surface area contributed by atoms with E-state index in [9.17, 15) is 0 Å². The van der Waals surface area contributed by atoms with Crippen LogP contribution >= 0.6 is 45.5 Å². The van der Waals surface area contributed by atoms with Gasteiger partial charge >= 0.3 is 0 Å². The van der Waals surface area contributed by atoms with Gasteiger partial charge in [0.2, 0.25) is 0 Å². The summed E-state index contributed by atoms with van der Waals surface area (Å²) in [6.07, 6.45) is 0. The second kappa shape index (κ2) is 3.87. The monoisotopic (exact) mass is 318 g/mol. The minimum Gasteiger partial charge on any atom is -0.142 e. The zero-order valence-electron chi connectivity index (χ0n) is 6.47. The number of thiophene rings is 1. The van der Waals surface area contributed by atoms with Crippen molar-refractivity contribution in [3.05, 3.63) is 34.2 Å². The van der Waals surface area contributed by atoms with Crippen molar-refractivity contribution in [2.75, 3.05) is 0 Å². The maximum absolute atomic E-state index is 5.90. The van der Waals surface area contributed by atoms with Crippen LogP contribution in [-0.4, -0.2) is 0 Å². The minimum absolute atomic E-state index is 0.766. The predicted molar refractivity (Wildman–Crippen MR) is 67.7 cm³/mol. The lowest BCUT2D eigenvalue weighted by molar-refractivity contribution is 1.82. The molecular formula is C10H4ClIS. The number of halogens is 2. The lowest BCUT2D eigenvalue weighted by atomic mass is 10.2. The first-order chi connectivity index (χ1) is 6.31. The summed E-state index contributed by atoms with van der Waals surface area (Å²) in [6, 6.07) is 5.89. The molecule has 0 bridgehead atoms. The van der Waals surface area contributed by atoms with Gasteiger partial charge in [0.1, 0.15) is 0 Å². The summed E-state index contributed by atoms with van der Waals surface area (Å²) in [5.74, 6) is 3.05. The van der Waals surface area contributed by atoms with Crippen molar-refractivity contribution in [1.29, 1.82) is 0 Å². The Morgan fingerprint density at radius 1 is 1.38 bits per heavy atom. The van der Waals surface area contributed by atoms with Crippen molar-refractivity contribution in [1.82, 2.24) is 0 Å². The van der Waals surface area contributed by atoms with E-state index in [1.165, 1.54) is 4.70 Å². The van der Waals surface area contributed by atoms with Crippen LogP contribution in [0.25, 0.3) is 10.1 Å². The van der Waals surface area contributed by atoms with Gasteiger partial charge in [0.05, 0.1) is 0 Å². The molecule has 0 saturated heterocycles. The molecule has 0 aliphatic rings. The van der Waals surface area contributed by atoms with Gasteiger partial charge in [-0.2, -0.15) is 0 Å². The molecule has 0 aliphatic carbocycles. The molecule has 0 saturated carbocycles. The van der Waals surface area contributed by atoms with Gasteiger partial charge in [-0.05, 0) is 22.1 Å². The first-order valence-electron chi connectivity index (χ1n) is 3.59. The molecule has 1 aromatic heterocycles. The molecular weight excluding hydrogens is 315 g/mol. The Kier molecular flexibility index (Phi) is 2.77. The van der Waals surface area contributed by atoms with Crippen molar-refractivity contribution in [2.45, 2.75) is 0 Å². The summed E-state index contributed by atoms with van der Waals surface area (Å²) in [5, 5.41) is 3.98. The highest BCUT2D eigenvalue weighted by Gasteiger charge is 2.01. The molecule has 0 radical (unpaired) electrons. The molecule has 1 heterocycles. The topological polar surface area (TPSA) is 0 Å². The van der Waals surface area contributed by atoms with E-state index >= 15 is 0 Å². The summed E-state index contributed by atoms with van der Waals surface area (Å²) in [4.78, 5) is 0. The summed E-state index contributed by atoms with van der Waals surface area (Å²) < 4.78 is 4.10. The minimum atomic E-state index is 0.766. The van der Waals surface area contributed by atoms with Crippen molar-refractivity contribution in [3.63, 3.8) is 0 Å². The average Bonchev–Trinajstić information content (AvgIpc) is 2.49. The van der Waals surface area contributed by atoms with Crippen LogP contribution in [0.2, 0.25) is 5.02 Å². The quantitative estimate of drug-likeness (QED) is 0.502. The molecule has 0 nitrogen and oxygen atoms in total. The van der Waals surface area contributed by atoms with E-state index < -0.39 is 0 Å². The van der Waals surface area contributed by atoms with E-state index in [2.05, 4.69) is 15.2 Å². The Labute approximate surface area is 99.0 Å². The third kappa shape index (κ3) is 1.83. The van der Waals surface area contributed by atoms with Gasteiger partial charge in [0.15, 0.2) is 0 Å². The normalized spacial score (nSPS) is 9.69. The number of benzene rings is 1. The first-order valence-corrected chi connectivity index (χ1v) is 5.93. The maximum atomic E-state index is 5.90. The smallest absolute Gasteiger partial charge is 0.0439 e. The van der Waals surface area contributed by atoms with Gasteiger partial charge in [-0.3, -0.25) is 0 Å². The largest absolute Gasteiger partial charge is 0.142 e. The summed E-state index contributed by atoms with van der Waals surface area (Å²) in [6.45, 7) is 0. The first kappa shape index (κ1) is 9.32. The van der Waals surface area contributed by atoms with Crippen molar-refractivity contribution < 1.29 is 0 Å². The summed E-state index contributed by atoms with van der Waals surface area (Å²) in [5.41, 5.74) is 1.07. The third-order valence-electron chi connectivity index (χ3n) is 1.72. The van der Waals surface area contributed by atoms with E-state index in [-0.39, 0.29) is 0 Å². The maximum Gasteiger partial charge on any atom is 0.0439 e. The van der Waals surface area contributed by atoms with Gasteiger partial charge in [-0.25, -0.2) is 0 Å². The van der Waals surface area contributed by atoms with E-state index in [0.717, 1.165) is 16.0 Å². The van der Waals surface area contributed by atoms with Crippen LogP contribution < -0.4 is 0 Å². The fourth-order valence-electron chi connectivity index (χ4n) is 1.15. The highest BCUT2D eigenvalue weighted by molar-refractivity contribution is 14.1. The number of hydrogen-bond donors (Lipinski definition) is 0. The number of rotatable bonds is 0. The SMILES string of the molecule is Clc1ccc2scc(C#CI)c2c1. The fraction of sp³-hybridized carbons (Fsp3) is 0. The molecule has 0 N–H and O–H groups in total. The zero-order chi connectivity index (χ0) is 9.26. The summed E-state index contributed by atoms with van der Waals surface area (Å²) in [7, 11) is 0. The molecule has 3 heteroatoms. The van der Waals surface area contributed by atoms with E-state index in [0.29, 0.717) is 0 Å². The number of hydrogen-bond acceptors (Lipinski definition) is 1. The Morgan fingerprint density at radius 2 is 2.23 bits per heavy atom. The number of fused-ring (bicyclic) bond motifs is 1. The van der Waals surface area contributed by atoms with Gasteiger partial charge in [0, 0.05) is 48.6 Å². The molecule has 0 atom stereocenters. The second-order valence-electron chi connectivity index (χ2n) is 2.51. The van der Waals surface area contributed by atoms with Crippen LogP contribution in [0.15, 0.2) is 23.6 Å². The van der Waals surface area contributed by atoms with E-state index in [1.54, 1.807) is 11.3 Å². The lowest BCUT2D eigenvalue weighted by Gasteiger charge is -1.91. The molecule has 0 aliphatic heterocycles.